The lowest BCUT2D eigenvalue weighted by molar-refractivity contribution is 0.0700. The van der Waals surface area contributed by atoms with Crippen molar-refractivity contribution in [3.8, 4) is 0 Å². The highest BCUT2D eigenvalue weighted by Gasteiger charge is 2.27. The maximum absolute atomic E-state index is 12.9. The summed E-state index contributed by atoms with van der Waals surface area (Å²) in [6.07, 6.45) is 7.42. The first kappa shape index (κ1) is 15.7. The van der Waals surface area contributed by atoms with Crippen LogP contribution in [0.15, 0.2) is 36.8 Å². The predicted molar refractivity (Wildman–Crippen MR) is 94.6 cm³/mol. The van der Waals surface area contributed by atoms with E-state index in [4.69, 9.17) is 0 Å². The predicted octanol–water partition coefficient (Wildman–Crippen LogP) is 2.76. The molecule has 4 heterocycles. The van der Waals surface area contributed by atoms with Gasteiger partial charge < -0.3 is 9.30 Å². The zero-order valence-electron chi connectivity index (χ0n) is 14.5. The molecule has 0 bridgehead atoms. The monoisotopic (exact) mass is 335 g/mol. The molecule has 3 aromatic rings. The van der Waals surface area contributed by atoms with Gasteiger partial charge in [-0.2, -0.15) is 0 Å². The summed E-state index contributed by atoms with van der Waals surface area (Å²) in [4.78, 5) is 28.2. The molecule has 3 aromatic heterocycles. The summed E-state index contributed by atoms with van der Waals surface area (Å²) in [7, 11) is 0. The lowest BCUT2D eigenvalue weighted by atomic mass is 9.94. The molecule has 1 unspecified atom stereocenters. The number of carbonyl (C=O) groups is 1. The van der Waals surface area contributed by atoms with Gasteiger partial charge in [-0.05, 0) is 38.8 Å². The second kappa shape index (κ2) is 6.27. The van der Waals surface area contributed by atoms with Gasteiger partial charge in [0.15, 0.2) is 0 Å². The molecular formula is C19H21N5O. The van der Waals surface area contributed by atoms with E-state index in [0.717, 1.165) is 42.1 Å². The molecule has 6 heteroatoms. The highest BCUT2D eigenvalue weighted by molar-refractivity contribution is 5.93. The third-order valence-electron chi connectivity index (χ3n) is 4.82. The van der Waals surface area contributed by atoms with Crippen molar-refractivity contribution < 1.29 is 4.79 Å². The van der Waals surface area contributed by atoms with Crippen LogP contribution in [0.1, 0.15) is 46.3 Å². The molecule has 1 atom stereocenters. The van der Waals surface area contributed by atoms with E-state index >= 15 is 0 Å². The van der Waals surface area contributed by atoms with Crippen molar-refractivity contribution >= 4 is 11.6 Å². The molecule has 0 aromatic carbocycles. The quantitative estimate of drug-likeness (QED) is 0.722. The number of hydrogen-bond donors (Lipinski definition) is 0. The number of nitrogens with zero attached hydrogens (tertiary/aromatic N) is 5. The normalized spacial score (nSPS) is 17.8. The molecule has 1 saturated heterocycles. The fourth-order valence-corrected chi connectivity index (χ4v) is 3.50. The number of pyridine rings is 1. The Labute approximate surface area is 146 Å². The molecule has 1 aliphatic heterocycles. The van der Waals surface area contributed by atoms with Gasteiger partial charge in [-0.15, -0.1) is 0 Å². The molecule has 1 aliphatic rings. The maximum Gasteiger partial charge on any atom is 0.274 e. The van der Waals surface area contributed by atoms with Crippen molar-refractivity contribution in [1.82, 2.24) is 24.3 Å². The van der Waals surface area contributed by atoms with Crippen LogP contribution >= 0.6 is 0 Å². The maximum atomic E-state index is 12.9. The SMILES string of the molecule is Cc1cncc(C2CCCN(C(=O)c3cn4c(C)cccc4n3)C2)n1. The molecular weight excluding hydrogens is 314 g/mol. The van der Waals surface area contributed by atoms with Crippen LogP contribution in [0.2, 0.25) is 0 Å². The first-order chi connectivity index (χ1) is 12.1. The van der Waals surface area contributed by atoms with E-state index in [1.165, 1.54) is 0 Å². The van der Waals surface area contributed by atoms with Crippen LogP contribution in [0.3, 0.4) is 0 Å². The largest absolute Gasteiger partial charge is 0.337 e. The summed E-state index contributed by atoms with van der Waals surface area (Å²) >= 11 is 0. The molecule has 6 nitrogen and oxygen atoms in total. The zero-order chi connectivity index (χ0) is 17.4. The Balaban J connectivity index is 1.57. The van der Waals surface area contributed by atoms with Crippen LogP contribution < -0.4 is 0 Å². The molecule has 0 aliphatic carbocycles. The standard InChI is InChI=1S/C19H21N5O/c1-13-9-20-10-16(21-13)15-6-4-8-23(11-15)19(25)17-12-24-14(2)5-3-7-18(24)22-17/h3,5,7,9-10,12,15H,4,6,8,11H2,1-2H3. The number of piperidine rings is 1. The lowest BCUT2D eigenvalue weighted by Crippen LogP contribution is -2.39. The van der Waals surface area contributed by atoms with Crippen molar-refractivity contribution in [1.29, 1.82) is 0 Å². The lowest BCUT2D eigenvalue weighted by Gasteiger charge is -2.32. The van der Waals surface area contributed by atoms with Crippen molar-refractivity contribution in [2.45, 2.75) is 32.6 Å². The first-order valence-corrected chi connectivity index (χ1v) is 8.64. The van der Waals surface area contributed by atoms with Gasteiger partial charge in [0.05, 0.1) is 11.4 Å². The number of aryl methyl sites for hydroxylation is 2. The van der Waals surface area contributed by atoms with Crippen LogP contribution in [0.5, 0.6) is 0 Å². The van der Waals surface area contributed by atoms with Crippen molar-refractivity contribution in [2.75, 3.05) is 13.1 Å². The van der Waals surface area contributed by atoms with Crippen LogP contribution in [0.4, 0.5) is 0 Å². The van der Waals surface area contributed by atoms with E-state index in [9.17, 15) is 4.79 Å². The summed E-state index contributed by atoms with van der Waals surface area (Å²) < 4.78 is 1.96. The zero-order valence-corrected chi connectivity index (χ0v) is 14.5. The Hall–Kier alpha value is -2.76. The third kappa shape index (κ3) is 2.99. The van der Waals surface area contributed by atoms with Gasteiger partial charge in [0.25, 0.3) is 5.91 Å². The molecule has 25 heavy (non-hydrogen) atoms. The van der Waals surface area contributed by atoms with Crippen LogP contribution in [-0.2, 0) is 0 Å². The number of imidazole rings is 1. The van der Waals surface area contributed by atoms with Crippen molar-refractivity contribution in [3.63, 3.8) is 0 Å². The Morgan fingerprint density at radius 1 is 1.20 bits per heavy atom. The summed E-state index contributed by atoms with van der Waals surface area (Å²) in [6, 6.07) is 5.89. The molecule has 0 saturated carbocycles. The van der Waals surface area contributed by atoms with Gasteiger partial charge in [-0.25, -0.2) is 4.98 Å². The van der Waals surface area contributed by atoms with Crippen LogP contribution in [-0.4, -0.2) is 43.2 Å². The van der Waals surface area contributed by atoms with Gasteiger partial charge in [-0.1, -0.05) is 6.07 Å². The summed E-state index contributed by atoms with van der Waals surface area (Å²) in [5.41, 5.74) is 4.27. The van der Waals surface area contributed by atoms with Crippen LogP contribution in [0.25, 0.3) is 5.65 Å². The van der Waals surface area contributed by atoms with E-state index in [-0.39, 0.29) is 11.8 Å². The molecule has 0 N–H and O–H groups in total. The van der Waals surface area contributed by atoms with Crippen molar-refractivity contribution in [2.24, 2.45) is 0 Å². The van der Waals surface area contributed by atoms with E-state index in [1.54, 1.807) is 6.20 Å². The van der Waals surface area contributed by atoms with Gasteiger partial charge >= 0.3 is 0 Å². The summed E-state index contributed by atoms with van der Waals surface area (Å²) in [6.45, 7) is 5.39. The van der Waals surface area contributed by atoms with Crippen molar-refractivity contribution in [3.05, 3.63) is 59.6 Å². The van der Waals surface area contributed by atoms with E-state index in [1.807, 2.05) is 53.7 Å². The fraction of sp³-hybridized carbons (Fsp3) is 0.368. The number of likely N-dealkylation sites (tertiary alicyclic amines) is 1. The average molecular weight is 335 g/mol. The highest BCUT2D eigenvalue weighted by Crippen LogP contribution is 2.26. The van der Waals surface area contributed by atoms with E-state index in [0.29, 0.717) is 12.2 Å². The highest BCUT2D eigenvalue weighted by atomic mass is 16.2. The minimum Gasteiger partial charge on any atom is -0.337 e. The number of hydrogen-bond acceptors (Lipinski definition) is 4. The minimum atomic E-state index is -0.00610. The Morgan fingerprint density at radius 2 is 2.08 bits per heavy atom. The summed E-state index contributed by atoms with van der Waals surface area (Å²) in [5, 5.41) is 0. The van der Waals surface area contributed by atoms with Gasteiger partial charge in [-0.3, -0.25) is 14.8 Å². The Morgan fingerprint density at radius 3 is 2.88 bits per heavy atom. The molecule has 4 rings (SSSR count). The van der Waals surface area contributed by atoms with Gasteiger partial charge in [0, 0.05) is 43.3 Å². The Kier molecular flexibility index (Phi) is 3.95. The van der Waals surface area contributed by atoms with E-state index < -0.39 is 0 Å². The number of amides is 1. The second-order valence-corrected chi connectivity index (χ2v) is 6.70. The van der Waals surface area contributed by atoms with E-state index in [2.05, 4.69) is 15.0 Å². The topological polar surface area (TPSA) is 63.4 Å². The Bertz CT molecular complexity index is 932. The second-order valence-electron chi connectivity index (χ2n) is 6.70. The minimum absolute atomic E-state index is 0.00610. The molecule has 0 spiro atoms. The van der Waals surface area contributed by atoms with Gasteiger partial charge in [0.1, 0.15) is 11.3 Å². The molecule has 0 radical (unpaired) electrons. The average Bonchev–Trinajstić information content (AvgIpc) is 3.07. The van der Waals surface area contributed by atoms with Crippen LogP contribution in [0, 0.1) is 13.8 Å². The first-order valence-electron chi connectivity index (χ1n) is 8.64. The molecule has 1 fully saturated rings. The third-order valence-corrected chi connectivity index (χ3v) is 4.82. The molecule has 128 valence electrons. The van der Waals surface area contributed by atoms with Gasteiger partial charge in [0.2, 0.25) is 0 Å². The number of fused-ring (bicyclic) bond motifs is 1. The fourth-order valence-electron chi connectivity index (χ4n) is 3.50. The number of rotatable bonds is 2. The number of aromatic nitrogens is 4. The summed E-state index contributed by atoms with van der Waals surface area (Å²) in [5.74, 6) is 0.234. The smallest absolute Gasteiger partial charge is 0.274 e. The molecule has 1 amide bonds. The number of carbonyl (C=O) groups excluding carboxylic acids is 1.